The van der Waals surface area contributed by atoms with Crippen molar-refractivity contribution in [1.82, 2.24) is 20.0 Å². The lowest BCUT2D eigenvalue weighted by Crippen LogP contribution is -2.47. The summed E-state index contributed by atoms with van der Waals surface area (Å²) in [6.07, 6.45) is 0.977. The molecule has 1 aliphatic heterocycles. The highest BCUT2D eigenvalue weighted by Crippen LogP contribution is 2.15. The molecule has 1 N–H and O–H groups in total. The topological polar surface area (TPSA) is 93.5 Å². The molecule has 0 saturated carbocycles. The Morgan fingerprint density at radius 1 is 1.23 bits per heavy atom. The number of likely N-dealkylation sites (tertiary alicyclic amines) is 1. The zero-order chi connectivity index (χ0) is 18.7. The number of carbonyl (C=O) groups excluding carboxylic acids is 2. The number of nitrogens with zero attached hydrogens (tertiary/aromatic N) is 3. The van der Waals surface area contributed by atoms with Crippen LogP contribution in [0.25, 0.3) is 10.8 Å². The summed E-state index contributed by atoms with van der Waals surface area (Å²) >= 11 is 0. The maximum Gasteiger partial charge on any atom is 0.409 e. The number of ether oxygens (including phenoxy) is 1. The molecule has 1 aromatic heterocycles. The lowest BCUT2D eigenvalue weighted by Gasteiger charge is -2.31. The van der Waals surface area contributed by atoms with Gasteiger partial charge in [0.25, 0.3) is 11.5 Å². The Hall–Kier alpha value is -2.90. The minimum absolute atomic E-state index is 0.0500. The molecule has 1 aromatic carbocycles. The molecule has 1 fully saturated rings. The Kier molecular flexibility index (Phi) is 5.20. The number of rotatable bonds is 3. The zero-order valence-electron chi connectivity index (χ0n) is 14.9. The van der Waals surface area contributed by atoms with Crippen molar-refractivity contribution in [1.29, 1.82) is 0 Å². The van der Waals surface area contributed by atoms with E-state index in [1.165, 1.54) is 11.7 Å². The lowest BCUT2D eigenvalue weighted by atomic mass is 10.0. The monoisotopic (exact) mass is 358 g/mol. The highest BCUT2D eigenvalue weighted by atomic mass is 16.6. The molecule has 0 bridgehead atoms. The summed E-state index contributed by atoms with van der Waals surface area (Å²) in [6, 6.07) is 6.90. The fourth-order valence-corrected chi connectivity index (χ4v) is 3.14. The summed E-state index contributed by atoms with van der Waals surface area (Å²) < 4.78 is 6.18. The second-order valence-corrected chi connectivity index (χ2v) is 6.26. The summed E-state index contributed by atoms with van der Waals surface area (Å²) in [7, 11) is 1.53. The van der Waals surface area contributed by atoms with Crippen molar-refractivity contribution in [2.75, 3.05) is 19.7 Å². The van der Waals surface area contributed by atoms with E-state index in [9.17, 15) is 14.4 Å². The highest BCUT2D eigenvalue weighted by molar-refractivity contribution is 6.04. The minimum atomic E-state index is -0.317. The van der Waals surface area contributed by atoms with Gasteiger partial charge in [0, 0.05) is 31.6 Å². The van der Waals surface area contributed by atoms with E-state index in [1.54, 1.807) is 36.1 Å². The summed E-state index contributed by atoms with van der Waals surface area (Å²) in [6.45, 7) is 3.19. The van der Waals surface area contributed by atoms with Crippen molar-refractivity contribution < 1.29 is 14.3 Å². The number of aryl methyl sites for hydroxylation is 1. The van der Waals surface area contributed by atoms with Gasteiger partial charge in [-0.2, -0.15) is 5.10 Å². The predicted molar refractivity (Wildman–Crippen MR) is 96.1 cm³/mol. The van der Waals surface area contributed by atoms with E-state index in [0.717, 1.165) is 0 Å². The first kappa shape index (κ1) is 17.9. The van der Waals surface area contributed by atoms with Crippen LogP contribution in [0.4, 0.5) is 4.79 Å². The average molecular weight is 358 g/mol. The van der Waals surface area contributed by atoms with Gasteiger partial charge < -0.3 is 15.0 Å². The molecule has 1 aliphatic rings. The van der Waals surface area contributed by atoms with E-state index in [-0.39, 0.29) is 29.3 Å². The fourth-order valence-electron chi connectivity index (χ4n) is 3.14. The lowest BCUT2D eigenvalue weighted by molar-refractivity contribution is 0.0856. The van der Waals surface area contributed by atoms with Crippen molar-refractivity contribution in [3.8, 4) is 0 Å². The van der Waals surface area contributed by atoms with Crippen LogP contribution in [0.2, 0.25) is 0 Å². The number of piperidine rings is 1. The first-order chi connectivity index (χ1) is 12.5. The molecule has 26 heavy (non-hydrogen) atoms. The van der Waals surface area contributed by atoms with Crippen molar-refractivity contribution in [2.45, 2.75) is 25.8 Å². The predicted octanol–water partition coefficient (Wildman–Crippen LogP) is 1.28. The maximum absolute atomic E-state index is 12.7. The van der Waals surface area contributed by atoms with Crippen LogP contribution >= 0.6 is 0 Å². The van der Waals surface area contributed by atoms with E-state index >= 15 is 0 Å². The number of hydrogen-bond donors (Lipinski definition) is 1. The van der Waals surface area contributed by atoms with Crippen LogP contribution in [-0.4, -0.2) is 52.4 Å². The van der Waals surface area contributed by atoms with Crippen LogP contribution in [0.15, 0.2) is 29.1 Å². The normalized spacial score (nSPS) is 15.1. The Labute approximate surface area is 150 Å². The summed E-state index contributed by atoms with van der Waals surface area (Å²) in [5, 5.41) is 8.12. The number of carbonyl (C=O) groups is 2. The van der Waals surface area contributed by atoms with E-state index in [1.807, 2.05) is 0 Å². The minimum Gasteiger partial charge on any atom is -0.450 e. The second-order valence-electron chi connectivity index (χ2n) is 6.26. The Balaban J connectivity index is 1.72. The molecule has 8 heteroatoms. The van der Waals surface area contributed by atoms with Gasteiger partial charge in [0.2, 0.25) is 0 Å². The van der Waals surface area contributed by atoms with Gasteiger partial charge in [-0.1, -0.05) is 18.2 Å². The summed E-state index contributed by atoms with van der Waals surface area (Å²) in [5.41, 5.74) is -0.00424. The molecule has 1 saturated heterocycles. The second kappa shape index (κ2) is 7.55. The SMILES string of the molecule is CCOC(=O)N1CCC(NC(=O)c2nn(C)c(=O)c3ccccc23)CC1. The van der Waals surface area contributed by atoms with Crippen LogP contribution in [0.3, 0.4) is 0 Å². The van der Waals surface area contributed by atoms with Gasteiger partial charge in [-0.15, -0.1) is 0 Å². The summed E-state index contributed by atoms with van der Waals surface area (Å²) in [4.78, 5) is 38.3. The van der Waals surface area contributed by atoms with Gasteiger partial charge in [0.15, 0.2) is 5.69 Å². The van der Waals surface area contributed by atoms with Gasteiger partial charge in [-0.3, -0.25) is 9.59 Å². The zero-order valence-corrected chi connectivity index (χ0v) is 14.9. The summed E-state index contributed by atoms with van der Waals surface area (Å²) in [5.74, 6) is -0.314. The molecule has 2 heterocycles. The number of nitrogens with one attached hydrogen (secondary N) is 1. The van der Waals surface area contributed by atoms with Crippen molar-refractivity contribution in [2.24, 2.45) is 7.05 Å². The molecule has 0 radical (unpaired) electrons. The average Bonchev–Trinajstić information content (AvgIpc) is 2.65. The molecular formula is C18H22N4O4. The van der Waals surface area contributed by atoms with Crippen molar-refractivity contribution in [3.63, 3.8) is 0 Å². The van der Waals surface area contributed by atoms with Crippen molar-refractivity contribution >= 4 is 22.8 Å². The van der Waals surface area contributed by atoms with Gasteiger partial charge in [-0.25, -0.2) is 9.48 Å². The van der Waals surface area contributed by atoms with E-state index in [2.05, 4.69) is 10.4 Å². The quantitative estimate of drug-likeness (QED) is 0.892. The number of amides is 2. The molecule has 0 atom stereocenters. The fraction of sp³-hybridized carbons (Fsp3) is 0.444. The number of benzene rings is 1. The largest absolute Gasteiger partial charge is 0.450 e. The number of fused-ring (bicyclic) bond motifs is 1. The maximum atomic E-state index is 12.7. The molecule has 3 rings (SSSR count). The first-order valence-corrected chi connectivity index (χ1v) is 8.70. The van der Waals surface area contributed by atoms with Crippen LogP contribution < -0.4 is 10.9 Å². The molecule has 2 amide bonds. The first-order valence-electron chi connectivity index (χ1n) is 8.70. The molecule has 2 aromatic rings. The molecule has 8 nitrogen and oxygen atoms in total. The number of hydrogen-bond acceptors (Lipinski definition) is 5. The Bertz CT molecular complexity index is 884. The van der Waals surface area contributed by atoms with Gasteiger partial charge in [-0.05, 0) is 25.8 Å². The molecule has 0 aliphatic carbocycles. The van der Waals surface area contributed by atoms with Crippen molar-refractivity contribution in [3.05, 3.63) is 40.3 Å². The van der Waals surface area contributed by atoms with E-state index in [0.29, 0.717) is 43.3 Å². The van der Waals surface area contributed by atoms with Crippen LogP contribution in [-0.2, 0) is 11.8 Å². The molecule has 138 valence electrons. The third-order valence-electron chi connectivity index (χ3n) is 4.53. The third-order valence-corrected chi connectivity index (χ3v) is 4.53. The van der Waals surface area contributed by atoms with Crippen LogP contribution in [0.5, 0.6) is 0 Å². The molecule has 0 unspecified atom stereocenters. The Morgan fingerprint density at radius 2 is 1.88 bits per heavy atom. The van der Waals surface area contributed by atoms with Crippen LogP contribution in [0.1, 0.15) is 30.3 Å². The van der Waals surface area contributed by atoms with Crippen LogP contribution in [0, 0.1) is 0 Å². The highest BCUT2D eigenvalue weighted by Gasteiger charge is 2.26. The smallest absolute Gasteiger partial charge is 0.409 e. The third kappa shape index (κ3) is 3.54. The molecular weight excluding hydrogens is 336 g/mol. The molecule has 0 spiro atoms. The van der Waals surface area contributed by atoms with E-state index in [4.69, 9.17) is 4.74 Å². The van der Waals surface area contributed by atoms with Gasteiger partial charge in [0.05, 0.1) is 12.0 Å². The number of aromatic nitrogens is 2. The van der Waals surface area contributed by atoms with Gasteiger partial charge >= 0.3 is 6.09 Å². The van der Waals surface area contributed by atoms with E-state index < -0.39 is 0 Å². The standard InChI is InChI=1S/C18H22N4O4/c1-3-26-18(25)22-10-8-12(9-11-22)19-16(23)15-13-6-4-5-7-14(13)17(24)21(2)20-15/h4-7,12H,3,8-11H2,1-2H3,(H,19,23). The Morgan fingerprint density at radius 3 is 2.54 bits per heavy atom. The van der Waals surface area contributed by atoms with Gasteiger partial charge in [0.1, 0.15) is 0 Å².